The summed E-state index contributed by atoms with van der Waals surface area (Å²) in [5.41, 5.74) is 3.45. The van der Waals surface area contributed by atoms with E-state index >= 15 is 0 Å². The maximum Gasteiger partial charge on any atom is 0.258 e. The molecule has 10 heteroatoms. The molecule has 1 fully saturated rings. The number of hydrogen-bond donors (Lipinski definition) is 0. The number of hydrogen-bond acceptors (Lipinski definition) is 6. The molecule has 0 spiro atoms. The minimum Gasteiger partial charge on any atom is -0.354 e. The zero-order valence-electron chi connectivity index (χ0n) is 18.2. The second-order valence-corrected chi connectivity index (χ2v) is 8.00. The van der Waals surface area contributed by atoms with Crippen LogP contribution >= 0.6 is 0 Å². The Hall–Kier alpha value is -3.92. The highest BCUT2D eigenvalue weighted by atomic mass is 19.1. The predicted molar refractivity (Wildman–Crippen MR) is 117 cm³/mol. The molecule has 5 rings (SSSR count). The van der Waals surface area contributed by atoms with Gasteiger partial charge in [0, 0.05) is 11.8 Å². The van der Waals surface area contributed by atoms with Crippen molar-refractivity contribution in [2.45, 2.75) is 32.7 Å². The van der Waals surface area contributed by atoms with Crippen molar-refractivity contribution < 1.29 is 13.9 Å². The Bertz CT molecular complexity index is 1270. The van der Waals surface area contributed by atoms with E-state index in [-0.39, 0.29) is 11.9 Å². The summed E-state index contributed by atoms with van der Waals surface area (Å²) in [5, 5.41) is 12.8. The standard InChI is InChI=1S/C23H22FN7O2/c1-15-3-6-21(31-26-7-8-27-31)19(9-15)23(32)30-16(2)14-33-22(30)13-29-12-17(10-28-29)20-5-4-18(24)11-25-20/h3-12,16,22H,13-14H2,1-2H3/t16-,22-/m0/s1. The molecule has 1 aliphatic rings. The molecule has 9 nitrogen and oxygen atoms in total. The number of ether oxygens (including phenoxy) is 1. The highest BCUT2D eigenvalue weighted by molar-refractivity contribution is 5.98. The van der Waals surface area contributed by atoms with Crippen molar-refractivity contribution in [1.29, 1.82) is 0 Å². The van der Waals surface area contributed by atoms with Crippen LogP contribution in [0.5, 0.6) is 0 Å². The number of amides is 1. The van der Waals surface area contributed by atoms with E-state index in [1.807, 2.05) is 32.0 Å². The second kappa shape index (κ2) is 8.55. The maximum absolute atomic E-state index is 13.7. The number of carbonyl (C=O) groups excluding carboxylic acids is 1. The Balaban J connectivity index is 1.41. The molecule has 168 valence electrons. The molecule has 0 N–H and O–H groups in total. The molecular weight excluding hydrogens is 425 g/mol. The molecule has 1 aliphatic heterocycles. The molecule has 2 atom stereocenters. The van der Waals surface area contributed by atoms with Crippen molar-refractivity contribution in [3.63, 3.8) is 0 Å². The van der Waals surface area contributed by atoms with Crippen LogP contribution in [0, 0.1) is 12.7 Å². The lowest BCUT2D eigenvalue weighted by Crippen LogP contribution is -2.43. The molecule has 1 saturated heterocycles. The van der Waals surface area contributed by atoms with Gasteiger partial charge in [-0.15, -0.1) is 0 Å². The third kappa shape index (κ3) is 4.12. The average molecular weight is 447 g/mol. The minimum atomic E-state index is -0.500. The summed E-state index contributed by atoms with van der Waals surface area (Å²) >= 11 is 0. The fourth-order valence-corrected chi connectivity index (χ4v) is 3.94. The Kier molecular flexibility index (Phi) is 5.43. The number of benzene rings is 1. The van der Waals surface area contributed by atoms with Gasteiger partial charge in [-0.25, -0.2) is 4.39 Å². The number of aromatic nitrogens is 6. The number of rotatable bonds is 5. The molecule has 0 unspecified atom stereocenters. The summed E-state index contributed by atoms with van der Waals surface area (Å²) < 4.78 is 20.8. The quantitative estimate of drug-likeness (QED) is 0.467. The molecule has 0 aliphatic carbocycles. The van der Waals surface area contributed by atoms with E-state index in [4.69, 9.17) is 4.74 Å². The van der Waals surface area contributed by atoms with Crippen molar-refractivity contribution in [2.75, 3.05) is 6.61 Å². The van der Waals surface area contributed by atoms with Crippen LogP contribution in [0.25, 0.3) is 16.9 Å². The maximum atomic E-state index is 13.7. The summed E-state index contributed by atoms with van der Waals surface area (Å²) in [7, 11) is 0. The van der Waals surface area contributed by atoms with Gasteiger partial charge in [-0.2, -0.15) is 20.1 Å². The fourth-order valence-electron chi connectivity index (χ4n) is 3.94. The first kappa shape index (κ1) is 21.0. The molecule has 1 amide bonds. The lowest BCUT2D eigenvalue weighted by molar-refractivity contribution is 0.0152. The Labute approximate surface area is 189 Å². The van der Waals surface area contributed by atoms with E-state index in [9.17, 15) is 9.18 Å². The van der Waals surface area contributed by atoms with Gasteiger partial charge in [-0.05, 0) is 38.1 Å². The zero-order chi connectivity index (χ0) is 22.9. The normalized spacial score (nSPS) is 18.1. The number of aryl methyl sites for hydroxylation is 1. The molecule has 0 saturated carbocycles. The lowest BCUT2D eigenvalue weighted by atomic mass is 10.1. The number of halogens is 1. The molecule has 1 aromatic carbocycles. The summed E-state index contributed by atoms with van der Waals surface area (Å²) in [4.78, 5) is 21.0. The molecule has 0 radical (unpaired) electrons. The molecule has 4 heterocycles. The third-order valence-corrected chi connectivity index (χ3v) is 5.57. The largest absolute Gasteiger partial charge is 0.354 e. The van der Waals surface area contributed by atoms with Crippen molar-refractivity contribution in [1.82, 2.24) is 34.7 Å². The SMILES string of the molecule is Cc1ccc(-n2nccn2)c(C(=O)N2[C@H](Cn3cc(-c4ccc(F)cn4)cn3)OC[C@@H]2C)c1. The minimum absolute atomic E-state index is 0.116. The first-order chi connectivity index (χ1) is 16.0. The van der Waals surface area contributed by atoms with E-state index in [1.54, 1.807) is 40.4 Å². The van der Waals surface area contributed by atoms with Crippen LogP contribution in [0.4, 0.5) is 4.39 Å². The van der Waals surface area contributed by atoms with Gasteiger partial charge in [0.1, 0.15) is 5.82 Å². The van der Waals surface area contributed by atoms with E-state index < -0.39 is 12.0 Å². The monoisotopic (exact) mass is 447 g/mol. The summed E-state index contributed by atoms with van der Waals surface area (Å²) in [6.45, 7) is 4.66. The third-order valence-electron chi connectivity index (χ3n) is 5.57. The van der Waals surface area contributed by atoms with Crippen LogP contribution in [-0.4, -0.2) is 59.4 Å². The van der Waals surface area contributed by atoms with Crippen LogP contribution in [0.15, 0.2) is 61.3 Å². The van der Waals surface area contributed by atoms with Crippen LogP contribution < -0.4 is 0 Å². The molecule has 0 bridgehead atoms. The first-order valence-electron chi connectivity index (χ1n) is 10.6. The van der Waals surface area contributed by atoms with Gasteiger partial charge < -0.3 is 9.64 Å². The van der Waals surface area contributed by atoms with E-state index in [2.05, 4.69) is 20.3 Å². The fraction of sp³-hybridized carbons (Fsp3) is 0.261. The summed E-state index contributed by atoms with van der Waals surface area (Å²) in [5.74, 6) is -0.553. The Morgan fingerprint density at radius 1 is 1.15 bits per heavy atom. The lowest BCUT2D eigenvalue weighted by Gasteiger charge is -2.27. The van der Waals surface area contributed by atoms with Crippen molar-refractivity contribution in [3.05, 3.63) is 78.3 Å². The van der Waals surface area contributed by atoms with Crippen molar-refractivity contribution in [2.24, 2.45) is 0 Å². The van der Waals surface area contributed by atoms with E-state index in [0.29, 0.717) is 30.1 Å². The molecule has 4 aromatic rings. The molecule has 33 heavy (non-hydrogen) atoms. The van der Waals surface area contributed by atoms with Crippen LogP contribution in [0.3, 0.4) is 0 Å². The highest BCUT2D eigenvalue weighted by Crippen LogP contribution is 2.25. The van der Waals surface area contributed by atoms with E-state index in [1.165, 1.54) is 17.1 Å². The summed E-state index contributed by atoms with van der Waals surface area (Å²) in [6, 6.07) is 8.45. The van der Waals surface area contributed by atoms with Crippen molar-refractivity contribution >= 4 is 5.91 Å². The van der Waals surface area contributed by atoms with Gasteiger partial charge in [0.15, 0.2) is 6.23 Å². The highest BCUT2D eigenvalue weighted by Gasteiger charge is 2.37. The Morgan fingerprint density at radius 2 is 1.97 bits per heavy atom. The first-order valence-corrected chi connectivity index (χ1v) is 10.6. The van der Waals surface area contributed by atoms with Crippen LogP contribution in [0.2, 0.25) is 0 Å². The number of nitrogens with zero attached hydrogens (tertiary/aromatic N) is 7. The van der Waals surface area contributed by atoms with Gasteiger partial charge >= 0.3 is 0 Å². The smallest absolute Gasteiger partial charge is 0.258 e. The van der Waals surface area contributed by atoms with Gasteiger partial charge in [0.05, 0.1) is 60.9 Å². The average Bonchev–Trinajstić information content (AvgIpc) is 3.56. The number of carbonyl (C=O) groups is 1. The van der Waals surface area contributed by atoms with Gasteiger partial charge in [-0.1, -0.05) is 11.6 Å². The summed E-state index contributed by atoms with van der Waals surface area (Å²) in [6.07, 6.45) is 7.28. The van der Waals surface area contributed by atoms with Gasteiger partial charge in [0.25, 0.3) is 5.91 Å². The predicted octanol–water partition coefficient (Wildman–Crippen LogP) is 2.86. The second-order valence-electron chi connectivity index (χ2n) is 8.00. The van der Waals surface area contributed by atoms with Crippen molar-refractivity contribution in [3.8, 4) is 16.9 Å². The van der Waals surface area contributed by atoms with E-state index in [0.717, 1.165) is 11.1 Å². The Morgan fingerprint density at radius 3 is 2.73 bits per heavy atom. The molecular formula is C23H22FN7O2. The zero-order valence-corrected chi connectivity index (χ0v) is 18.2. The topological polar surface area (TPSA) is 91.0 Å². The molecule has 3 aromatic heterocycles. The van der Waals surface area contributed by atoms with Crippen LogP contribution in [-0.2, 0) is 11.3 Å². The van der Waals surface area contributed by atoms with Crippen LogP contribution in [0.1, 0.15) is 22.8 Å². The van der Waals surface area contributed by atoms with Gasteiger partial charge in [-0.3, -0.25) is 14.5 Å². The number of pyridine rings is 1. The van der Waals surface area contributed by atoms with Gasteiger partial charge in [0.2, 0.25) is 0 Å².